The van der Waals surface area contributed by atoms with E-state index in [1.54, 1.807) is 0 Å². The molecule has 168 valence electrons. The van der Waals surface area contributed by atoms with Crippen molar-refractivity contribution in [1.29, 1.82) is 0 Å². The molecule has 0 unspecified atom stereocenters. The van der Waals surface area contributed by atoms with E-state index in [1.165, 1.54) is 47.2 Å². The van der Waals surface area contributed by atoms with Crippen LogP contribution in [-0.2, 0) is 11.2 Å². The fourth-order valence-electron chi connectivity index (χ4n) is 3.58. The highest BCUT2D eigenvalue weighted by atomic mass is 16.5. The maximum Gasteiger partial charge on any atom is 0.0649 e. The first-order chi connectivity index (χ1) is 15.0. The predicted octanol–water partition coefficient (Wildman–Crippen LogP) is 7.32. The zero-order valence-corrected chi connectivity index (χ0v) is 20.1. The third kappa shape index (κ3) is 11.1. The van der Waals surface area contributed by atoms with E-state index in [0.29, 0.717) is 0 Å². The van der Waals surface area contributed by atoms with Gasteiger partial charge in [0.15, 0.2) is 0 Å². The molecule has 2 nitrogen and oxygen atoms in total. The lowest BCUT2D eigenvalue weighted by molar-refractivity contribution is 0.159. The Morgan fingerprint density at radius 1 is 0.806 bits per heavy atom. The minimum absolute atomic E-state index is 0.726. The molecule has 0 N–H and O–H groups in total. The predicted molar refractivity (Wildman–Crippen MR) is 136 cm³/mol. The monoisotopic (exact) mass is 419 g/mol. The van der Waals surface area contributed by atoms with Crippen LogP contribution in [0.5, 0.6) is 0 Å². The first-order valence-electron chi connectivity index (χ1n) is 11.7. The van der Waals surface area contributed by atoms with Gasteiger partial charge in [-0.2, -0.15) is 0 Å². The van der Waals surface area contributed by atoms with Crippen LogP contribution in [0.1, 0.15) is 51.5 Å². The number of hydrogen-bond acceptors (Lipinski definition) is 2. The molecular weight excluding hydrogens is 378 g/mol. The van der Waals surface area contributed by atoms with Crippen molar-refractivity contribution in [1.82, 2.24) is 4.90 Å². The van der Waals surface area contributed by atoms with Crippen LogP contribution in [0.25, 0.3) is 11.1 Å². The Morgan fingerprint density at radius 3 is 2.19 bits per heavy atom. The van der Waals surface area contributed by atoms with Crippen molar-refractivity contribution >= 4 is 0 Å². The SMILES string of the molecule is CC(=CCC/C(C)=C/COCCCc1ccc(-c2ccccc2)cc1)CCCN(C)C. The average Bonchev–Trinajstić information content (AvgIpc) is 2.77. The van der Waals surface area contributed by atoms with E-state index < -0.39 is 0 Å². The highest BCUT2D eigenvalue weighted by Crippen LogP contribution is 2.19. The lowest BCUT2D eigenvalue weighted by atomic mass is 10.0. The minimum atomic E-state index is 0.726. The Morgan fingerprint density at radius 2 is 1.48 bits per heavy atom. The molecule has 0 aliphatic heterocycles. The minimum Gasteiger partial charge on any atom is -0.377 e. The van der Waals surface area contributed by atoms with Gasteiger partial charge in [-0.25, -0.2) is 0 Å². The fourth-order valence-corrected chi connectivity index (χ4v) is 3.58. The van der Waals surface area contributed by atoms with Crippen LogP contribution in [0.3, 0.4) is 0 Å². The van der Waals surface area contributed by atoms with E-state index in [2.05, 4.69) is 99.6 Å². The molecule has 0 aromatic heterocycles. The third-order valence-electron chi connectivity index (χ3n) is 5.57. The van der Waals surface area contributed by atoms with E-state index in [1.807, 2.05) is 0 Å². The number of aryl methyl sites for hydroxylation is 1. The number of rotatable bonds is 14. The first-order valence-corrected chi connectivity index (χ1v) is 11.7. The van der Waals surface area contributed by atoms with E-state index in [0.717, 1.165) is 38.9 Å². The van der Waals surface area contributed by atoms with Gasteiger partial charge >= 0.3 is 0 Å². The summed E-state index contributed by atoms with van der Waals surface area (Å²) in [6.07, 6.45) is 11.5. The summed E-state index contributed by atoms with van der Waals surface area (Å²) in [5, 5.41) is 0. The molecule has 0 heterocycles. The largest absolute Gasteiger partial charge is 0.377 e. The van der Waals surface area contributed by atoms with E-state index in [-0.39, 0.29) is 0 Å². The van der Waals surface area contributed by atoms with Gasteiger partial charge in [0, 0.05) is 6.61 Å². The second-order valence-corrected chi connectivity index (χ2v) is 8.79. The molecule has 31 heavy (non-hydrogen) atoms. The number of allylic oxidation sites excluding steroid dienone is 3. The molecule has 0 aliphatic carbocycles. The summed E-state index contributed by atoms with van der Waals surface area (Å²) < 4.78 is 5.83. The number of benzene rings is 2. The van der Waals surface area contributed by atoms with Gasteiger partial charge in [0.05, 0.1) is 6.61 Å². The van der Waals surface area contributed by atoms with Crippen LogP contribution in [0, 0.1) is 0 Å². The van der Waals surface area contributed by atoms with Gasteiger partial charge in [0.1, 0.15) is 0 Å². The quantitative estimate of drug-likeness (QED) is 0.235. The van der Waals surface area contributed by atoms with E-state index >= 15 is 0 Å². The molecule has 0 bridgehead atoms. The van der Waals surface area contributed by atoms with E-state index in [4.69, 9.17) is 4.74 Å². The summed E-state index contributed by atoms with van der Waals surface area (Å²) >= 11 is 0. The maximum absolute atomic E-state index is 5.83. The van der Waals surface area contributed by atoms with Crippen LogP contribution in [0.4, 0.5) is 0 Å². The number of ether oxygens (including phenoxy) is 1. The van der Waals surface area contributed by atoms with Crippen molar-refractivity contribution in [2.24, 2.45) is 0 Å². The summed E-state index contributed by atoms with van der Waals surface area (Å²) in [6, 6.07) is 19.5. The molecule has 0 saturated heterocycles. The molecule has 0 fully saturated rings. The highest BCUT2D eigenvalue weighted by Gasteiger charge is 1.98. The molecule has 2 heteroatoms. The second-order valence-electron chi connectivity index (χ2n) is 8.79. The number of nitrogens with zero attached hydrogens (tertiary/aromatic N) is 1. The van der Waals surface area contributed by atoms with Crippen molar-refractivity contribution in [3.63, 3.8) is 0 Å². The highest BCUT2D eigenvalue weighted by molar-refractivity contribution is 5.63. The van der Waals surface area contributed by atoms with E-state index in [9.17, 15) is 0 Å². The fraction of sp³-hybridized carbons (Fsp3) is 0.448. The molecule has 2 aromatic rings. The van der Waals surface area contributed by atoms with Crippen molar-refractivity contribution in [3.05, 3.63) is 83.5 Å². The number of hydrogen-bond donors (Lipinski definition) is 0. The van der Waals surface area contributed by atoms with Crippen LogP contribution in [-0.4, -0.2) is 38.8 Å². The second kappa shape index (κ2) is 14.8. The molecule has 2 aromatic carbocycles. The van der Waals surface area contributed by atoms with Crippen molar-refractivity contribution in [3.8, 4) is 11.1 Å². The summed E-state index contributed by atoms with van der Waals surface area (Å²) in [6.45, 7) is 7.18. The average molecular weight is 420 g/mol. The lowest BCUT2D eigenvalue weighted by Gasteiger charge is -2.09. The molecule has 0 saturated carbocycles. The van der Waals surface area contributed by atoms with Gasteiger partial charge in [-0.1, -0.05) is 77.9 Å². The Balaban J connectivity index is 1.56. The zero-order valence-electron chi connectivity index (χ0n) is 20.1. The third-order valence-corrected chi connectivity index (χ3v) is 5.57. The molecular formula is C29H41NO. The Kier molecular flexibility index (Phi) is 12.0. The van der Waals surface area contributed by atoms with Gasteiger partial charge in [0.2, 0.25) is 0 Å². The summed E-state index contributed by atoms with van der Waals surface area (Å²) in [4.78, 5) is 2.25. The van der Waals surface area contributed by atoms with Crippen LogP contribution in [0.2, 0.25) is 0 Å². The molecule has 0 radical (unpaired) electrons. The maximum atomic E-state index is 5.83. The van der Waals surface area contributed by atoms with Gasteiger partial charge in [0.25, 0.3) is 0 Å². The van der Waals surface area contributed by atoms with Crippen molar-refractivity contribution in [2.45, 2.75) is 52.4 Å². The van der Waals surface area contributed by atoms with Gasteiger partial charge in [-0.05, 0) is 89.7 Å². The van der Waals surface area contributed by atoms with Crippen molar-refractivity contribution in [2.75, 3.05) is 33.9 Å². The Labute approximate surface area is 190 Å². The van der Waals surface area contributed by atoms with Gasteiger partial charge in [-0.15, -0.1) is 0 Å². The standard InChI is InChI=1S/C29H41NO/c1-25(13-9-22-30(3)4)11-8-12-26(2)21-24-31-23-10-14-27-17-19-29(20-18-27)28-15-6-5-7-16-28/h5-7,11,15-21H,8-10,12-14,22-24H2,1-4H3/b25-11?,26-21+. The topological polar surface area (TPSA) is 12.5 Å². The normalized spacial score (nSPS) is 12.5. The summed E-state index contributed by atoms with van der Waals surface area (Å²) in [7, 11) is 4.27. The summed E-state index contributed by atoms with van der Waals surface area (Å²) in [5.74, 6) is 0. The van der Waals surface area contributed by atoms with Gasteiger partial charge in [-0.3, -0.25) is 0 Å². The molecule has 0 spiro atoms. The molecule has 0 atom stereocenters. The van der Waals surface area contributed by atoms with Crippen molar-refractivity contribution < 1.29 is 4.74 Å². The summed E-state index contributed by atoms with van der Waals surface area (Å²) in [5.41, 5.74) is 6.87. The molecule has 0 amide bonds. The Bertz CT molecular complexity index is 787. The Hall–Kier alpha value is -2.16. The zero-order chi connectivity index (χ0) is 22.3. The lowest BCUT2D eigenvalue weighted by Crippen LogP contribution is -2.12. The molecule has 0 aliphatic rings. The van der Waals surface area contributed by atoms with Crippen LogP contribution >= 0.6 is 0 Å². The van der Waals surface area contributed by atoms with Crippen LogP contribution < -0.4 is 0 Å². The van der Waals surface area contributed by atoms with Gasteiger partial charge < -0.3 is 9.64 Å². The first kappa shape index (κ1) is 25.1. The molecule has 2 rings (SSSR count). The smallest absolute Gasteiger partial charge is 0.0649 e. The van der Waals surface area contributed by atoms with Crippen LogP contribution in [0.15, 0.2) is 77.9 Å².